The zero-order valence-electron chi connectivity index (χ0n) is 14.3. The van der Waals surface area contributed by atoms with E-state index in [1.165, 1.54) is 12.1 Å². The Labute approximate surface area is 159 Å². The minimum absolute atomic E-state index is 0.0997. The Morgan fingerprint density at radius 1 is 1.11 bits per heavy atom. The van der Waals surface area contributed by atoms with Crippen LogP contribution in [-0.4, -0.2) is 19.9 Å². The fourth-order valence-electron chi connectivity index (χ4n) is 2.46. The van der Waals surface area contributed by atoms with Gasteiger partial charge in [0.1, 0.15) is 6.33 Å². The van der Waals surface area contributed by atoms with Gasteiger partial charge < -0.3 is 5.32 Å². The summed E-state index contributed by atoms with van der Waals surface area (Å²) < 4.78 is 39.9. The number of thiocarbonyl (C=S) groups is 1. The van der Waals surface area contributed by atoms with E-state index in [2.05, 4.69) is 26.8 Å². The molecule has 0 saturated carbocycles. The van der Waals surface area contributed by atoms with Crippen LogP contribution in [-0.2, 0) is 12.7 Å². The number of nitrogens with zero attached hydrogens (tertiary/aromatic N) is 3. The molecule has 0 aliphatic heterocycles. The van der Waals surface area contributed by atoms with Crippen molar-refractivity contribution in [2.24, 2.45) is 0 Å². The molecule has 5 nitrogen and oxygen atoms in total. The van der Waals surface area contributed by atoms with Crippen molar-refractivity contribution in [1.29, 1.82) is 0 Å². The molecule has 0 amide bonds. The average molecular weight is 391 g/mol. The number of hydrogen-bond donors (Lipinski definition) is 2. The van der Waals surface area contributed by atoms with Gasteiger partial charge in [0.15, 0.2) is 5.11 Å². The smallest absolute Gasteiger partial charge is 0.332 e. The number of anilines is 2. The first-order valence-corrected chi connectivity index (χ1v) is 8.41. The van der Waals surface area contributed by atoms with Gasteiger partial charge in [0, 0.05) is 5.69 Å². The summed E-state index contributed by atoms with van der Waals surface area (Å²) in [5.41, 5.74) is 1.70. The van der Waals surface area contributed by atoms with Gasteiger partial charge in [0.05, 0.1) is 12.1 Å². The molecule has 0 fully saturated rings. The number of rotatable bonds is 4. The molecule has 2 aromatic carbocycles. The predicted molar refractivity (Wildman–Crippen MR) is 102 cm³/mol. The molecule has 0 aliphatic carbocycles. The normalized spacial score (nSPS) is 11.3. The van der Waals surface area contributed by atoms with E-state index < -0.39 is 11.7 Å². The van der Waals surface area contributed by atoms with Gasteiger partial charge in [0.2, 0.25) is 5.95 Å². The highest BCUT2D eigenvalue weighted by molar-refractivity contribution is 7.80. The molecule has 140 valence electrons. The van der Waals surface area contributed by atoms with Crippen molar-refractivity contribution >= 4 is 29.0 Å². The number of alkyl halides is 3. The Kier molecular flexibility index (Phi) is 5.41. The van der Waals surface area contributed by atoms with Crippen molar-refractivity contribution in [2.45, 2.75) is 19.6 Å². The molecular weight excluding hydrogens is 375 g/mol. The minimum Gasteiger partial charge on any atom is -0.332 e. The van der Waals surface area contributed by atoms with E-state index in [-0.39, 0.29) is 16.7 Å². The zero-order valence-corrected chi connectivity index (χ0v) is 15.1. The minimum atomic E-state index is -4.41. The fraction of sp³-hybridized carbons (Fsp3) is 0.167. The van der Waals surface area contributed by atoms with Crippen molar-refractivity contribution in [1.82, 2.24) is 14.8 Å². The van der Waals surface area contributed by atoms with Gasteiger partial charge in [-0.15, -0.1) is 5.10 Å². The van der Waals surface area contributed by atoms with E-state index in [0.29, 0.717) is 6.54 Å². The van der Waals surface area contributed by atoms with Gasteiger partial charge in [-0.3, -0.25) is 5.32 Å². The van der Waals surface area contributed by atoms with Crippen LogP contribution in [0.25, 0.3) is 0 Å². The van der Waals surface area contributed by atoms with Gasteiger partial charge in [-0.25, -0.2) is 9.67 Å². The Hall–Kier alpha value is -2.94. The lowest BCUT2D eigenvalue weighted by atomic mass is 10.1. The molecule has 0 unspecified atom stereocenters. The number of halogens is 3. The summed E-state index contributed by atoms with van der Waals surface area (Å²) in [5, 5.41) is 9.82. The second-order valence-corrected chi connectivity index (χ2v) is 6.32. The molecule has 3 aromatic rings. The molecule has 0 spiro atoms. The number of benzene rings is 2. The first kappa shape index (κ1) is 18.8. The topological polar surface area (TPSA) is 54.8 Å². The van der Waals surface area contributed by atoms with E-state index >= 15 is 0 Å². The van der Waals surface area contributed by atoms with Crippen LogP contribution in [0.1, 0.15) is 16.7 Å². The SMILES string of the molecule is Cc1cccc(Cn2cnc(NC(=S)Nc3cccc(C(F)(F)F)c3)n2)c1. The van der Waals surface area contributed by atoms with Crippen molar-refractivity contribution in [3.63, 3.8) is 0 Å². The van der Waals surface area contributed by atoms with E-state index in [4.69, 9.17) is 12.2 Å². The first-order valence-electron chi connectivity index (χ1n) is 8.00. The van der Waals surface area contributed by atoms with Crippen molar-refractivity contribution in [3.8, 4) is 0 Å². The molecule has 27 heavy (non-hydrogen) atoms. The van der Waals surface area contributed by atoms with Crippen molar-refractivity contribution in [3.05, 3.63) is 71.5 Å². The van der Waals surface area contributed by atoms with Crippen LogP contribution in [0.3, 0.4) is 0 Å². The molecule has 3 rings (SSSR count). The summed E-state index contributed by atoms with van der Waals surface area (Å²) in [7, 11) is 0. The van der Waals surface area contributed by atoms with Gasteiger partial charge in [-0.2, -0.15) is 13.2 Å². The maximum atomic E-state index is 12.8. The Balaban J connectivity index is 1.61. The predicted octanol–water partition coefficient (Wildman–Crippen LogP) is 4.46. The van der Waals surface area contributed by atoms with E-state index in [9.17, 15) is 13.2 Å². The summed E-state index contributed by atoms with van der Waals surface area (Å²) in [6.45, 7) is 2.56. The third-order valence-corrected chi connectivity index (χ3v) is 3.84. The monoisotopic (exact) mass is 391 g/mol. The van der Waals surface area contributed by atoms with Crippen LogP contribution in [0.4, 0.5) is 24.8 Å². The molecule has 9 heteroatoms. The number of hydrogen-bond acceptors (Lipinski definition) is 3. The van der Waals surface area contributed by atoms with Crippen LogP contribution in [0.5, 0.6) is 0 Å². The number of aryl methyl sites for hydroxylation is 1. The maximum Gasteiger partial charge on any atom is 0.416 e. The van der Waals surface area contributed by atoms with Gasteiger partial charge >= 0.3 is 6.18 Å². The third-order valence-electron chi connectivity index (χ3n) is 3.64. The average Bonchev–Trinajstić information content (AvgIpc) is 3.01. The van der Waals surface area contributed by atoms with Gasteiger partial charge in [-0.05, 0) is 42.9 Å². The molecule has 0 radical (unpaired) electrons. The molecular formula is C18H16F3N5S. The standard InChI is InChI=1S/C18H16F3N5S/c1-12-4-2-5-13(8-12)10-26-11-22-16(25-26)24-17(27)23-15-7-3-6-14(9-15)18(19,20)21/h2-9,11H,10H2,1H3,(H2,23,24,25,27). The van der Waals surface area contributed by atoms with Crippen LogP contribution in [0.2, 0.25) is 0 Å². The Morgan fingerprint density at radius 2 is 1.89 bits per heavy atom. The van der Waals surface area contributed by atoms with Crippen molar-refractivity contribution in [2.75, 3.05) is 10.6 Å². The second-order valence-electron chi connectivity index (χ2n) is 5.91. The largest absolute Gasteiger partial charge is 0.416 e. The highest BCUT2D eigenvalue weighted by atomic mass is 32.1. The summed E-state index contributed by atoms with van der Waals surface area (Å²) in [6.07, 6.45) is -2.86. The molecule has 1 heterocycles. The second kappa shape index (κ2) is 7.75. The Bertz CT molecular complexity index is 952. The van der Waals surface area contributed by atoms with E-state index in [1.807, 2.05) is 25.1 Å². The van der Waals surface area contributed by atoms with Crippen LogP contribution >= 0.6 is 12.2 Å². The number of aromatic nitrogens is 3. The maximum absolute atomic E-state index is 12.8. The van der Waals surface area contributed by atoms with Crippen LogP contribution in [0, 0.1) is 6.92 Å². The summed E-state index contributed by atoms with van der Waals surface area (Å²) in [6, 6.07) is 12.8. The van der Waals surface area contributed by atoms with Crippen molar-refractivity contribution < 1.29 is 13.2 Å². The Morgan fingerprint density at radius 3 is 2.63 bits per heavy atom. The lowest BCUT2D eigenvalue weighted by molar-refractivity contribution is -0.137. The molecule has 2 N–H and O–H groups in total. The van der Waals surface area contributed by atoms with E-state index in [1.54, 1.807) is 11.0 Å². The molecule has 0 saturated heterocycles. The van der Waals surface area contributed by atoms with Gasteiger partial charge in [0.25, 0.3) is 0 Å². The highest BCUT2D eigenvalue weighted by Crippen LogP contribution is 2.30. The van der Waals surface area contributed by atoms with Gasteiger partial charge in [-0.1, -0.05) is 35.9 Å². The lowest BCUT2D eigenvalue weighted by Crippen LogP contribution is -2.20. The number of nitrogens with one attached hydrogen (secondary N) is 2. The zero-order chi connectivity index (χ0) is 19.4. The van der Waals surface area contributed by atoms with E-state index in [0.717, 1.165) is 23.3 Å². The molecule has 0 atom stereocenters. The molecule has 0 aliphatic rings. The molecule has 1 aromatic heterocycles. The highest BCUT2D eigenvalue weighted by Gasteiger charge is 2.30. The third kappa shape index (κ3) is 5.27. The summed E-state index contributed by atoms with van der Waals surface area (Å²) in [5.74, 6) is 0.257. The fourth-order valence-corrected chi connectivity index (χ4v) is 2.67. The van der Waals surface area contributed by atoms with Crippen LogP contribution < -0.4 is 10.6 Å². The molecule has 0 bridgehead atoms. The summed E-state index contributed by atoms with van der Waals surface area (Å²) >= 11 is 5.12. The lowest BCUT2D eigenvalue weighted by Gasteiger charge is -2.11. The first-order chi connectivity index (χ1) is 12.8. The quantitative estimate of drug-likeness (QED) is 0.643. The summed E-state index contributed by atoms with van der Waals surface area (Å²) in [4.78, 5) is 4.11. The van der Waals surface area contributed by atoms with Crippen LogP contribution in [0.15, 0.2) is 54.9 Å².